The van der Waals surface area contributed by atoms with Gasteiger partial charge in [0.1, 0.15) is 11.6 Å². The van der Waals surface area contributed by atoms with E-state index in [0.29, 0.717) is 16.5 Å². The lowest BCUT2D eigenvalue weighted by atomic mass is 9.82. The average molecular weight is 377 g/mol. The maximum Gasteiger partial charge on any atom is 0.229 e. The largest absolute Gasteiger partial charge is 0.422 e. The van der Waals surface area contributed by atoms with Gasteiger partial charge in [0.2, 0.25) is 11.8 Å². The summed E-state index contributed by atoms with van der Waals surface area (Å²) in [5, 5.41) is 15.0. The highest BCUT2D eigenvalue weighted by Gasteiger charge is 2.36. The summed E-state index contributed by atoms with van der Waals surface area (Å²) in [6, 6.07) is 17.5. The van der Waals surface area contributed by atoms with Crippen LogP contribution in [-0.2, 0) is 0 Å². The van der Waals surface area contributed by atoms with Crippen molar-refractivity contribution in [3.8, 4) is 17.6 Å². The zero-order chi connectivity index (χ0) is 19.1. The van der Waals surface area contributed by atoms with E-state index in [0.717, 1.165) is 28.1 Å². The van der Waals surface area contributed by atoms with E-state index in [1.165, 1.54) is 0 Å². The highest BCUT2D eigenvalue weighted by atomic mass is 35.5. The fourth-order valence-corrected chi connectivity index (χ4v) is 3.70. The van der Waals surface area contributed by atoms with Crippen LogP contribution in [0.5, 0.6) is 5.88 Å². The molecule has 0 saturated carbocycles. The van der Waals surface area contributed by atoms with Gasteiger partial charge in [0.25, 0.3) is 0 Å². The minimum absolute atomic E-state index is 0.0985. The van der Waals surface area contributed by atoms with Crippen LogP contribution in [0.2, 0.25) is 5.02 Å². The minimum atomic E-state index is -0.326. The third kappa shape index (κ3) is 2.75. The fraction of sp³-hybridized carbons (Fsp3) is 0.143. The number of ether oxygens (including phenoxy) is 1. The topological polar surface area (TPSA) is 76.9 Å². The van der Waals surface area contributed by atoms with Crippen LogP contribution in [0, 0.1) is 25.2 Å². The van der Waals surface area contributed by atoms with E-state index in [1.807, 2.05) is 50.2 Å². The zero-order valence-corrected chi connectivity index (χ0v) is 15.7. The number of nitriles is 1. The van der Waals surface area contributed by atoms with E-state index in [1.54, 1.807) is 16.8 Å². The summed E-state index contributed by atoms with van der Waals surface area (Å²) in [6.45, 7) is 3.93. The molecule has 2 heterocycles. The average Bonchev–Trinajstić information content (AvgIpc) is 2.97. The van der Waals surface area contributed by atoms with Gasteiger partial charge < -0.3 is 10.5 Å². The minimum Gasteiger partial charge on any atom is -0.422 e. The van der Waals surface area contributed by atoms with E-state index >= 15 is 0 Å². The molecule has 0 spiro atoms. The second-order valence-electron chi connectivity index (χ2n) is 6.48. The first-order valence-corrected chi connectivity index (χ1v) is 8.87. The highest BCUT2D eigenvalue weighted by molar-refractivity contribution is 6.30. The molecule has 0 unspecified atom stereocenters. The number of benzene rings is 2. The van der Waals surface area contributed by atoms with Crippen molar-refractivity contribution in [1.29, 1.82) is 5.26 Å². The molecule has 134 valence electrons. The second-order valence-corrected chi connectivity index (χ2v) is 6.91. The van der Waals surface area contributed by atoms with E-state index in [2.05, 4.69) is 11.2 Å². The van der Waals surface area contributed by atoms with Gasteiger partial charge in [0, 0.05) is 5.02 Å². The first-order chi connectivity index (χ1) is 13.0. The van der Waals surface area contributed by atoms with Crippen molar-refractivity contribution in [2.24, 2.45) is 5.73 Å². The van der Waals surface area contributed by atoms with Gasteiger partial charge in [-0.25, -0.2) is 4.68 Å². The number of nitrogens with zero attached hydrogens (tertiary/aromatic N) is 3. The SMILES string of the molecule is Cc1ccccc1[C@@H]1C(C#N)=C(N)Oc2c1c(C)nn2-c1cccc(Cl)c1. The van der Waals surface area contributed by atoms with Crippen molar-refractivity contribution < 1.29 is 4.74 Å². The number of aryl methyl sites for hydroxylation is 2. The van der Waals surface area contributed by atoms with Gasteiger partial charge >= 0.3 is 0 Å². The molecule has 0 radical (unpaired) electrons. The molecule has 1 aromatic heterocycles. The van der Waals surface area contributed by atoms with E-state index in [4.69, 9.17) is 22.1 Å². The lowest BCUT2D eigenvalue weighted by Crippen LogP contribution is -2.22. The molecular formula is C21H17ClN4O. The van der Waals surface area contributed by atoms with Gasteiger partial charge in [0.15, 0.2) is 0 Å². The Kier molecular flexibility index (Phi) is 4.14. The Morgan fingerprint density at radius 2 is 1.96 bits per heavy atom. The van der Waals surface area contributed by atoms with E-state index < -0.39 is 0 Å². The molecule has 4 rings (SSSR count). The third-order valence-corrected chi connectivity index (χ3v) is 5.02. The Balaban J connectivity index is 1.99. The molecule has 2 N–H and O–H groups in total. The van der Waals surface area contributed by atoms with Gasteiger partial charge in [0.05, 0.1) is 22.9 Å². The molecule has 1 aliphatic rings. The summed E-state index contributed by atoms with van der Waals surface area (Å²) in [5.74, 6) is 0.286. The molecule has 0 saturated heterocycles. The number of aromatic nitrogens is 2. The monoisotopic (exact) mass is 376 g/mol. The lowest BCUT2D eigenvalue weighted by molar-refractivity contribution is 0.367. The number of hydrogen-bond donors (Lipinski definition) is 1. The molecule has 0 bridgehead atoms. The van der Waals surface area contributed by atoms with Crippen molar-refractivity contribution in [2.45, 2.75) is 19.8 Å². The Labute approximate surface area is 162 Å². The number of allylic oxidation sites excluding steroid dienone is 1. The van der Waals surface area contributed by atoms with Gasteiger partial charge in [-0.2, -0.15) is 10.4 Å². The Morgan fingerprint density at radius 3 is 2.67 bits per heavy atom. The van der Waals surface area contributed by atoms with Gasteiger partial charge in [-0.3, -0.25) is 0 Å². The second kappa shape index (κ2) is 6.49. The number of halogens is 1. The van der Waals surface area contributed by atoms with Gasteiger partial charge in [-0.15, -0.1) is 0 Å². The van der Waals surface area contributed by atoms with Crippen LogP contribution in [0.1, 0.15) is 28.3 Å². The zero-order valence-electron chi connectivity index (χ0n) is 14.9. The fourth-order valence-electron chi connectivity index (χ4n) is 3.52. The number of rotatable bonds is 2. The first-order valence-electron chi connectivity index (χ1n) is 8.50. The molecule has 0 fully saturated rings. The van der Waals surface area contributed by atoms with Crippen LogP contribution >= 0.6 is 11.6 Å². The molecule has 5 nitrogen and oxygen atoms in total. The molecule has 6 heteroatoms. The predicted octanol–water partition coefficient (Wildman–Crippen LogP) is 4.36. The van der Waals surface area contributed by atoms with Gasteiger partial charge in [-0.05, 0) is 43.2 Å². The van der Waals surface area contributed by atoms with Crippen LogP contribution in [0.25, 0.3) is 5.69 Å². The summed E-state index contributed by atoms with van der Waals surface area (Å²) in [6.07, 6.45) is 0. The van der Waals surface area contributed by atoms with Crippen LogP contribution in [0.4, 0.5) is 0 Å². The molecule has 1 atom stereocenters. The number of hydrogen-bond acceptors (Lipinski definition) is 4. The van der Waals surface area contributed by atoms with E-state index in [9.17, 15) is 5.26 Å². The Bertz CT molecular complexity index is 1120. The summed E-state index contributed by atoms with van der Waals surface area (Å²) in [5.41, 5.74) is 11.0. The first kappa shape index (κ1) is 17.2. The lowest BCUT2D eigenvalue weighted by Gasteiger charge is -2.26. The molecule has 2 aromatic carbocycles. The maximum atomic E-state index is 9.75. The molecule has 0 aliphatic carbocycles. The highest BCUT2D eigenvalue weighted by Crippen LogP contribution is 2.45. The quantitative estimate of drug-likeness (QED) is 0.720. The van der Waals surface area contributed by atoms with Crippen LogP contribution < -0.4 is 10.5 Å². The smallest absolute Gasteiger partial charge is 0.229 e. The normalized spacial score (nSPS) is 15.9. The van der Waals surface area contributed by atoms with Crippen molar-refractivity contribution >= 4 is 11.6 Å². The summed E-state index contributed by atoms with van der Waals surface area (Å²) >= 11 is 6.15. The molecule has 3 aromatic rings. The molecular weight excluding hydrogens is 360 g/mol. The van der Waals surface area contributed by atoms with Crippen LogP contribution in [0.15, 0.2) is 60.0 Å². The van der Waals surface area contributed by atoms with Crippen molar-refractivity contribution in [2.75, 3.05) is 0 Å². The van der Waals surface area contributed by atoms with Crippen LogP contribution in [-0.4, -0.2) is 9.78 Å². The number of nitrogens with two attached hydrogens (primary N) is 1. The number of fused-ring (bicyclic) bond motifs is 1. The maximum absolute atomic E-state index is 9.75. The Morgan fingerprint density at radius 1 is 1.19 bits per heavy atom. The van der Waals surface area contributed by atoms with Crippen molar-refractivity contribution in [3.63, 3.8) is 0 Å². The standard InChI is InChI=1S/C21H17ClN4O/c1-12-6-3-4-9-16(12)19-17(11-23)20(24)27-21-18(19)13(2)25-26(21)15-8-5-7-14(22)10-15/h3-10,19H,24H2,1-2H3/t19-/m1/s1. The predicted molar refractivity (Wildman–Crippen MR) is 104 cm³/mol. The Hall–Kier alpha value is -3.23. The third-order valence-electron chi connectivity index (χ3n) is 4.78. The van der Waals surface area contributed by atoms with Crippen LogP contribution in [0.3, 0.4) is 0 Å². The van der Waals surface area contributed by atoms with Gasteiger partial charge in [-0.1, -0.05) is 41.9 Å². The van der Waals surface area contributed by atoms with Crippen molar-refractivity contribution in [3.05, 3.63) is 87.4 Å². The molecule has 27 heavy (non-hydrogen) atoms. The summed E-state index contributed by atoms with van der Waals surface area (Å²) < 4.78 is 7.55. The van der Waals surface area contributed by atoms with E-state index in [-0.39, 0.29) is 11.8 Å². The summed E-state index contributed by atoms with van der Waals surface area (Å²) in [7, 11) is 0. The summed E-state index contributed by atoms with van der Waals surface area (Å²) in [4.78, 5) is 0. The molecule has 0 amide bonds. The van der Waals surface area contributed by atoms with Crippen molar-refractivity contribution in [1.82, 2.24) is 9.78 Å². The molecule has 1 aliphatic heterocycles.